The molecule has 0 atom stereocenters. The molecule has 1 aliphatic rings. The monoisotopic (exact) mass is 326 g/mol. The summed E-state index contributed by atoms with van der Waals surface area (Å²) in [5.74, 6) is 2.48. The number of hydrogen-bond donors (Lipinski definition) is 1. The number of anilines is 2. The van der Waals surface area contributed by atoms with Gasteiger partial charge in [-0.2, -0.15) is 4.98 Å². The molecule has 19 heavy (non-hydrogen) atoms. The Hall–Kier alpha value is -0.840. The summed E-state index contributed by atoms with van der Waals surface area (Å²) < 4.78 is 0.973. The van der Waals surface area contributed by atoms with Crippen LogP contribution in [0.15, 0.2) is 10.7 Å². The zero-order valence-corrected chi connectivity index (χ0v) is 13.8. The molecular weight excluding hydrogens is 304 g/mol. The number of nitrogens with one attached hydrogen (secondary N) is 1. The molecule has 0 spiro atoms. The van der Waals surface area contributed by atoms with Gasteiger partial charge in [-0.25, -0.2) is 4.98 Å². The minimum atomic E-state index is 0.408. The van der Waals surface area contributed by atoms with Crippen molar-refractivity contribution in [1.29, 1.82) is 0 Å². The van der Waals surface area contributed by atoms with E-state index in [4.69, 9.17) is 0 Å². The van der Waals surface area contributed by atoms with Gasteiger partial charge in [0.25, 0.3) is 0 Å². The summed E-state index contributed by atoms with van der Waals surface area (Å²) in [6, 6.07) is 0. The first-order valence-electron chi connectivity index (χ1n) is 6.87. The molecule has 1 fully saturated rings. The van der Waals surface area contributed by atoms with Crippen LogP contribution >= 0.6 is 15.9 Å². The molecule has 1 aromatic rings. The molecule has 0 aliphatic carbocycles. The smallest absolute Gasteiger partial charge is 0.224 e. The van der Waals surface area contributed by atoms with E-state index < -0.39 is 0 Å². The van der Waals surface area contributed by atoms with Crippen LogP contribution in [0.5, 0.6) is 0 Å². The van der Waals surface area contributed by atoms with E-state index in [2.05, 4.69) is 56.9 Å². The highest BCUT2D eigenvalue weighted by atomic mass is 79.9. The molecule has 1 N–H and O–H groups in total. The average Bonchev–Trinajstić information content (AvgIpc) is 2.38. The predicted molar refractivity (Wildman–Crippen MR) is 83.7 cm³/mol. The summed E-state index contributed by atoms with van der Waals surface area (Å²) in [6.07, 6.45) is 4.29. The first-order valence-corrected chi connectivity index (χ1v) is 7.66. The third kappa shape index (κ3) is 3.38. The quantitative estimate of drug-likeness (QED) is 0.902. The molecule has 1 saturated heterocycles. The van der Waals surface area contributed by atoms with Gasteiger partial charge in [-0.1, -0.05) is 20.8 Å². The second-order valence-corrected chi connectivity index (χ2v) is 7.10. The molecule has 5 heteroatoms. The molecule has 4 nitrogen and oxygen atoms in total. The Kier molecular flexibility index (Phi) is 4.33. The van der Waals surface area contributed by atoms with Crippen molar-refractivity contribution in [3.63, 3.8) is 0 Å². The van der Waals surface area contributed by atoms with Gasteiger partial charge in [0.15, 0.2) is 0 Å². The van der Waals surface area contributed by atoms with Crippen LogP contribution in [0.25, 0.3) is 0 Å². The van der Waals surface area contributed by atoms with Crippen molar-refractivity contribution in [3.8, 4) is 0 Å². The first kappa shape index (κ1) is 14.6. The fourth-order valence-corrected chi connectivity index (χ4v) is 3.10. The third-order valence-electron chi connectivity index (χ3n) is 3.97. The van der Waals surface area contributed by atoms with Crippen molar-refractivity contribution in [2.75, 3.05) is 30.4 Å². The van der Waals surface area contributed by atoms with Crippen molar-refractivity contribution in [2.24, 2.45) is 11.3 Å². The largest absolute Gasteiger partial charge is 0.357 e. The van der Waals surface area contributed by atoms with E-state index in [-0.39, 0.29) is 0 Å². The minimum Gasteiger partial charge on any atom is -0.357 e. The summed E-state index contributed by atoms with van der Waals surface area (Å²) in [7, 11) is 1.85. The predicted octanol–water partition coefficient (Wildman–Crippen LogP) is 3.54. The van der Waals surface area contributed by atoms with Gasteiger partial charge in [0.2, 0.25) is 5.95 Å². The number of hydrogen-bond acceptors (Lipinski definition) is 4. The van der Waals surface area contributed by atoms with Crippen molar-refractivity contribution < 1.29 is 0 Å². The lowest BCUT2D eigenvalue weighted by atomic mass is 9.75. The lowest BCUT2D eigenvalue weighted by Crippen LogP contribution is -2.38. The molecule has 0 amide bonds. The SMILES string of the molecule is CNc1ncc(Br)c(N2CCC(C(C)(C)C)CC2)n1. The number of nitrogens with zero attached hydrogens (tertiary/aromatic N) is 3. The standard InChI is InChI=1S/C14H23BrN4/c1-14(2,3)10-5-7-19(8-6-10)12-11(15)9-17-13(16-4)18-12/h9-10H,5-8H2,1-4H3,(H,16,17,18). The lowest BCUT2D eigenvalue weighted by Gasteiger charge is -2.39. The van der Waals surface area contributed by atoms with Crippen LogP contribution < -0.4 is 10.2 Å². The molecule has 0 aromatic carbocycles. The van der Waals surface area contributed by atoms with E-state index in [0.29, 0.717) is 11.4 Å². The summed E-state index contributed by atoms with van der Waals surface area (Å²) in [5, 5.41) is 3.00. The molecule has 0 radical (unpaired) electrons. The van der Waals surface area contributed by atoms with Crippen LogP contribution in [-0.4, -0.2) is 30.1 Å². The van der Waals surface area contributed by atoms with Crippen molar-refractivity contribution in [1.82, 2.24) is 9.97 Å². The Morgan fingerprint density at radius 3 is 2.47 bits per heavy atom. The van der Waals surface area contributed by atoms with Crippen molar-refractivity contribution >= 4 is 27.7 Å². The molecular formula is C14H23BrN4. The van der Waals surface area contributed by atoms with Crippen LogP contribution in [0, 0.1) is 11.3 Å². The van der Waals surface area contributed by atoms with E-state index in [1.807, 2.05) is 13.2 Å². The maximum atomic E-state index is 4.56. The Bertz CT molecular complexity index is 434. The average molecular weight is 327 g/mol. The normalized spacial score (nSPS) is 17.6. The van der Waals surface area contributed by atoms with Gasteiger partial charge in [0.1, 0.15) is 5.82 Å². The van der Waals surface area contributed by atoms with Gasteiger partial charge < -0.3 is 10.2 Å². The zero-order valence-electron chi connectivity index (χ0n) is 12.2. The maximum absolute atomic E-state index is 4.56. The van der Waals surface area contributed by atoms with Crippen molar-refractivity contribution in [3.05, 3.63) is 10.7 Å². The second-order valence-electron chi connectivity index (χ2n) is 6.24. The third-order valence-corrected chi connectivity index (χ3v) is 4.53. The molecule has 0 bridgehead atoms. The van der Waals surface area contributed by atoms with Gasteiger partial charge in [0, 0.05) is 26.3 Å². The zero-order chi connectivity index (χ0) is 14.0. The minimum absolute atomic E-state index is 0.408. The molecule has 0 unspecified atom stereocenters. The van der Waals surface area contributed by atoms with Crippen LogP contribution in [0.4, 0.5) is 11.8 Å². The number of halogens is 1. The molecule has 2 rings (SSSR count). The Morgan fingerprint density at radius 1 is 1.32 bits per heavy atom. The van der Waals surface area contributed by atoms with Gasteiger partial charge in [-0.3, -0.25) is 0 Å². The van der Waals surface area contributed by atoms with Gasteiger partial charge >= 0.3 is 0 Å². The number of rotatable bonds is 2. The highest BCUT2D eigenvalue weighted by molar-refractivity contribution is 9.10. The second kappa shape index (κ2) is 5.65. The Balaban J connectivity index is 2.09. The highest BCUT2D eigenvalue weighted by Gasteiger charge is 2.29. The van der Waals surface area contributed by atoms with Crippen LogP contribution in [-0.2, 0) is 0 Å². The van der Waals surface area contributed by atoms with E-state index in [1.165, 1.54) is 12.8 Å². The van der Waals surface area contributed by atoms with Crippen molar-refractivity contribution in [2.45, 2.75) is 33.6 Å². The van der Waals surface area contributed by atoms with Gasteiger partial charge in [-0.05, 0) is 40.1 Å². The topological polar surface area (TPSA) is 41.1 Å². The van der Waals surface area contributed by atoms with E-state index in [0.717, 1.165) is 29.3 Å². The maximum Gasteiger partial charge on any atom is 0.224 e. The Morgan fingerprint density at radius 2 is 1.95 bits per heavy atom. The van der Waals surface area contributed by atoms with E-state index >= 15 is 0 Å². The molecule has 1 aliphatic heterocycles. The fraction of sp³-hybridized carbons (Fsp3) is 0.714. The highest BCUT2D eigenvalue weighted by Crippen LogP contribution is 2.36. The van der Waals surface area contributed by atoms with Crippen LogP contribution in [0.2, 0.25) is 0 Å². The molecule has 1 aromatic heterocycles. The summed E-state index contributed by atoms with van der Waals surface area (Å²) in [6.45, 7) is 9.16. The lowest BCUT2D eigenvalue weighted by molar-refractivity contribution is 0.198. The summed E-state index contributed by atoms with van der Waals surface area (Å²) >= 11 is 3.56. The van der Waals surface area contributed by atoms with Gasteiger partial charge in [-0.15, -0.1) is 0 Å². The van der Waals surface area contributed by atoms with E-state index in [9.17, 15) is 0 Å². The number of piperidine rings is 1. The van der Waals surface area contributed by atoms with Crippen LogP contribution in [0.3, 0.4) is 0 Å². The molecule has 0 saturated carbocycles. The molecule has 106 valence electrons. The number of aromatic nitrogens is 2. The van der Waals surface area contributed by atoms with E-state index in [1.54, 1.807) is 0 Å². The van der Waals surface area contributed by atoms with Gasteiger partial charge in [0.05, 0.1) is 4.47 Å². The Labute approximate surface area is 124 Å². The fourth-order valence-electron chi connectivity index (χ4n) is 2.66. The summed E-state index contributed by atoms with van der Waals surface area (Å²) in [5.41, 5.74) is 0.408. The molecule has 2 heterocycles. The summed E-state index contributed by atoms with van der Waals surface area (Å²) in [4.78, 5) is 11.1. The van der Waals surface area contributed by atoms with Crippen LogP contribution in [0.1, 0.15) is 33.6 Å². The first-order chi connectivity index (χ1) is 8.91.